The van der Waals surface area contributed by atoms with Crippen molar-refractivity contribution in [3.05, 3.63) is 29.8 Å². The molecule has 5 heteroatoms. The number of amides is 1. The first-order valence-corrected chi connectivity index (χ1v) is 4.66. The lowest BCUT2D eigenvalue weighted by Gasteiger charge is -2.01. The number of nitrogens with one attached hydrogen (secondary N) is 1. The Balaban J connectivity index is 2.60. The Bertz CT molecular complexity index is 410. The van der Waals surface area contributed by atoms with E-state index < -0.39 is 5.97 Å². The number of nitrogens with zero attached hydrogens (tertiary/aromatic N) is 1. The molecule has 1 aromatic rings. The number of rotatable bonds is 3. The van der Waals surface area contributed by atoms with Gasteiger partial charge in [-0.05, 0) is 17.7 Å². The molecule has 0 spiro atoms. The van der Waals surface area contributed by atoms with E-state index >= 15 is 0 Å². The first-order valence-electron chi connectivity index (χ1n) is 4.66. The molecule has 0 aromatic heterocycles. The van der Waals surface area contributed by atoms with Crippen molar-refractivity contribution in [2.24, 2.45) is 5.16 Å². The van der Waals surface area contributed by atoms with Gasteiger partial charge in [0, 0.05) is 19.5 Å². The van der Waals surface area contributed by atoms with Crippen molar-refractivity contribution in [3.63, 3.8) is 0 Å². The summed E-state index contributed by atoms with van der Waals surface area (Å²) in [5, 5.41) is 6.11. The third-order valence-electron chi connectivity index (χ3n) is 1.61. The van der Waals surface area contributed by atoms with E-state index in [1.54, 1.807) is 24.3 Å². The van der Waals surface area contributed by atoms with Crippen molar-refractivity contribution in [2.75, 3.05) is 5.32 Å². The van der Waals surface area contributed by atoms with Crippen LogP contribution in [0.5, 0.6) is 0 Å². The summed E-state index contributed by atoms with van der Waals surface area (Å²) in [5.74, 6) is -0.590. The van der Waals surface area contributed by atoms with Crippen molar-refractivity contribution in [2.45, 2.75) is 13.8 Å². The average Bonchev–Trinajstić information content (AvgIpc) is 2.19. The van der Waals surface area contributed by atoms with Crippen molar-refractivity contribution in [1.82, 2.24) is 0 Å². The second-order valence-corrected chi connectivity index (χ2v) is 3.12. The van der Waals surface area contributed by atoms with Gasteiger partial charge in [0.05, 0.1) is 6.21 Å². The largest absolute Gasteiger partial charge is 0.331 e. The zero-order valence-electron chi connectivity index (χ0n) is 9.06. The summed E-state index contributed by atoms with van der Waals surface area (Å²) in [4.78, 5) is 25.6. The summed E-state index contributed by atoms with van der Waals surface area (Å²) >= 11 is 0. The van der Waals surface area contributed by atoms with Gasteiger partial charge >= 0.3 is 5.97 Å². The van der Waals surface area contributed by atoms with Crippen LogP contribution in [-0.4, -0.2) is 18.1 Å². The molecular weight excluding hydrogens is 208 g/mol. The maximum absolute atomic E-state index is 10.8. The van der Waals surface area contributed by atoms with Crippen molar-refractivity contribution < 1.29 is 14.4 Å². The van der Waals surface area contributed by atoms with Crippen LogP contribution in [0, 0.1) is 0 Å². The van der Waals surface area contributed by atoms with Crippen LogP contribution in [0.25, 0.3) is 0 Å². The van der Waals surface area contributed by atoms with Gasteiger partial charge in [-0.15, -0.1) is 0 Å². The van der Waals surface area contributed by atoms with Gasteiger partial charge in [0.15, 0.2) is 0 Å². The van der Waals surface area contributed by atoms with Gasteiger partial charge in [-0.2, -0.15) is 0 Å². The number of carbonyl (C=O) groups is 2. The third-order valence-corrected chi connectivity index (χ3v) is 1.61. The van der Waals surface area contributed by atoms with E-state index in [0.717, 1.165) is 5.56 Å². The van der Waals surface area contributed by atoms with Gasteiger partial charge in [0.1, 0.15) is 0 Å². The lowest BCUT2D eigenvalue weighted by molar-refractivity contribution is -0.140. The molecule has 0 saturated heterocycles. The molecule has 0 atom stereocenters. The van der Waals surface area contributed by atoms with Gasteiger partial charge in [-0.1, -0.05) is 17.3 Å². The summed E-state index contributed by atoms with van der Waals surface area (Å²) in [6, 6.07) is 6.96. The smallest absolute Gasteiger partial charge is 0.326 e. The molecule has 0 fully saturated rings. The number of hydrogen-bond donors (Lipinski definition) is 1. The third kappa shape index (κ3) is 4.36. The van der Waals surface area contributed by atoms with Gasteiger partial charge in [-0.25, -0.2) is 4.79 Å². The van der Waals surface area contributed by atoms with Crippen LogP contribution in [0.1, 0.15) is 19.4 Å². The number of anilines is 1. The lowest BCUT2D eigenvalue weighted by atomic mass is 10.2. The zero-order valence-corrected chi connectivity index (χ0v) is 9.06. The van der Waals surface area contributed by atoms with E-state index in [2.05, 4.69) is 15.3 Å². The van der Waals surface area contributed by atoms with E-state index in [9.17, 15) is 9.59 Å². The van der Waals surface area contributed by atoms with Crippen LogP contribution < -0.4 is 5.32 Å². The Labute approximate surface area is 93.1 Å². The quantitative estimate of drug-likeness (QED) is 0.477. The molecule has 5 nitrogen and oxygen atoms in total. The Morgan fingerprint density at radius 2 is 1.88 bits per heavy atom. The number of benzene rings is 1. The molecule has 1 rings (SSSR count). The highest BCUT2D eigenvalue weighted by Gasteiger charge is 1.95. The molecule has 0 aliphatic carbocycles. The Morgan fingerprint density at radius 3 is 2.38 bits per heavy atom. The Kier molecular flexibility index (Phi) is 4.20. The molecular formula is C11H12N2O3. The van der Waals surface area contributed by atoms with E-state index in [-0.39, 0.29) is 5.91 Å². The minimum atomic E-state index is -0.467. The minimum Gasteiger partial charge on any atom is -0.326 e. The molecule has 0 unspecified atom stereocenters. The van der Waals surface area contributed by atoms with Crippen LogP contribution in [0.15, 0.2) is 29.4 Å². The topological polar surface area (TPSA) is 67.8 Å². The Morgan fingerprint density at radius 1 is 1.25 bits per heavy atom. The molecule has 0 aliphatic rings. The fourth-order valence-corrected chi connectivity index (χ4v) is 1.02. The zero-order chi connectivity index (χ0) is 12.0. The molecule has 16 heavy (non-hydrogen) atoms. The summed E-state index contributed by atoms with van der Waals surface area (Å²) < 4.78 is 0. The van der Waals surface area contributed by atoms with Crippen LogP contribution in [-0.2, 0) is 14.4 Å². The summed E-state index contributed by atoms with van der Waals surface area (Å²) in [7, 11) is 0. The summed E-state index contributed by atoms with van der Waals surface area (Å²) in [6.07, 6.45) is 1.42. The molecule has 0 saturated carbocycles. The first kappa shape index (κ1) is 11.9. The predicted molar refractivity (Wildman–Crippen MR) is 60.1 cm³/mol. The number of hydrogen-bond acceptors (Lipinski definition) is 4. The van der Waals surface area contributed by atoms with Crippen molar-refractivity contribution >= 4 is 23.8 Å². The van der Waals surface area contributed by atoms with Crippen LogP contribution >= 0.6 is 0 Å². The molecule has 0 heterocycles. The molecule has 0 aliphatic heterocycles. The second kappa shape index (κ2) is 5.65. The highest BCUT2D eigenvalue weighted by molar-refractivity contribution is 5.89. The molecule has 84 valence electrons. The average molecular weight is 220 g/mol. The first-order chi connectivity index (χ1) is 7.58. The number of carbonyl (C=O) groups excluding carboxylic acids is 2. The lowest BCUT2D eigenvalue weighted by Crippen LogP contribution is -2.05. The standard InChI is InChI=1S/C11H12N2O3/c1-8(14)13-11-5-3-10(4-6-11)7-12-16-9(2)15/h3-7H,1-2H3,(H,13,14)/b12-7+. The molecule has 1 aromatic carbocycles. The van der Waals surface area contributed by atoms with Gasteiger partial charge in [-0.3, -0.25) is 4.79 Å². The summed E-state index contributed by atoms with van der Waals surface area (Å²) in [6.45, 7) is 2.72. The van der Waals surface area contributed by atoms with Gasteiger partial charge in [0.25, 0.3) is 0 Å². The highest BCUT2D eigenvalue weighted by Crippen LogP contribution is 2.07. The second-order valence-electron chi connectivity index (χ2n) is 3.12. The predicted octanol–water partition coefficient (Wildman–Crippen LogP) is 1.54. The molecule has 1 N–H and O–H groups in total. The minimum absolute atomic E-state index is 0.124. The van der Waals surface area contributed by atoms with E-state index in [0.29, 0.717) is 5.69 Å². The summed E-state index contributed by atoms with van der Waals surface area (Å²) in [5.41, 5.74) is 1.48. The maximum atomic E-state index is 10.8. The monoisotopic (exact) mass is 220 g/mol. The Hall–Kier alpha value is -2.17. The van der Waals surface area contributed by atoms with Gasteiger partial charge in [0.2, 0.25) is 5.91 Å². The maximum Gasteiger partial charge on any atom is 0.331 e. The van der Waals surface area contributed by atoms with Crippen LogP contribution in [0.2, 0.25) is 0 Å². The number of oxime groups is 1. The molecule has 1 amide bonds. The molecule has 0 bridgehead atoms. The van der Waals surface area contributed by atoms with Gasteiger partial charge < -0.3 is 10.2 Å². The fourth-order valence-electron chi connectivity index (χ4n) is 1.02. The highest BCUT2D eigenvalue weighted by atomic mass is 16.7. The van der Waals surface area contributed by atoms with Crippen molar-refractivity contribution in [1.29, 1.82) is 0 Å². The fraction of sp³-hybridized carbons (Fsp3) is 0.182. The SMILES string of the molecule is CC(=O)Nc1ccc(/C=N/OC(C)=O)cc1. The van der Waals surface area contributed by atoms with E-state index in [4.69, 9.17) is 0 Å². The normalized spacial score (nSPS) is 10.1. The van der Waals surface area contributed by atoms with E-state index in [1.165, 1.54) is 20.1 Å². The van der Waals surface area contributed by atoms with Crippen LogP contribution in [0.3, 0.4) is 0 Å². The van der Waals surface area contributed by atoms with E-state index in [1.807, 2.05) is 0 Å². The molecule has 0 radical (unpaired) electrons. The van der Waals surface area contributed by atoms with Crippen molar-refractivity contribution in [3.8, 4) is 0 Å². The van der Waals surface area contributed by atoms with Crippen LogP contribution in [0.4, 0.5) is 5.69 Å².